The molecule has 2 bridgehead atoms. The van der Waals surface area contributed by atoms with Crippen LogP contribution in [0.2, 0.25) is 0 Å². The molecule has 0 radical (unpaired) electrons. The lowest BCUT2D eigenvalue weighted by Gasteiger charge is -2.32. The molecule has 4 nitrogen and oxygen atoms in total. The van der Waals surface area contributed by atoms with Crippen LogP contribution in [-0.4, -0.2) is 41.7 Å². The van der Waals surface area contributed by atoms with Crippen LogP contribution < -0.4 is 0 Å². The topological polar surface area (TPSA) is 49.8 Å². The highest BCUT2D eigenvalue weighted by Crippen LogP contribution is 2.49. The van der Waals surface area contributed by atoms with Crippen LogP contribution in [0.5, 0.6) is 0 Å². The number of hydrogen-bond donors (Lipinski definition) is 1. The van der Waals surface area contributed by atoms with Gasteiger partial charge in [0.15, 0.2) is 0 Å². The Bertz CT molecular complexity index is 1000. The zero-order valence-electron chi connectivity index (χ0n) is 18.9. The highest BCUT2D eigenvalue weighted by molar-refractivity contribution is 7.12. The fourth-order valence-corrected chi connectivity index (χ4v) is 7.48. The molecule has 33 heavy (non-hydrogen) atoms. The highest BCUT2D eigenvalue weighted by atomic mass is 32.1. The first kappa shape index (κ1) is 22.8. The first-order chi connectivity index (χ1) is 16.1. The van der Waals surface area contributed by atoms with E-state index in [9.17, 15) is 9.90 Å². The predicted octanol–water partition coefficient (Wildman–Crippen LogP) is 5.32. The normalized spacial score (nSPS) is 24.5. The van der Waals surface area contributed by atoms with Crippen molar-refractivity contribution < 1.29 is 14.6 Å². The predicted molar refractivity (Wildman–Crippen MR) is 134 cm³/mol. The molecule has 2 aromatic heterocycles. The van der Waals surface area contributed by atoms with Crippen LogP contribution in [-0.2, 0) is 21.6 Å². The van der Waals surface area contributed by atoms with Crippen molar-refractivity contribution in [2.75, 3.05) is 13.6 Å². The Morgan fingerprint density at radius 2 is 1.76 bits per heavy atom. The molecule has 2 aliphatic carbocycles. The van der Waals surface area contributed by atoms with Crippen molar-refractivity contribution in [1.82, 2.24) is 4.90 Å². The Kier molecular flexibility index (Phi) is 6.70. The van der Waals surface area contributed by atoms with Crippen LogP contribution in [0.4, 0.5) is 0 Å². The number of carbonyl (C=O) groups excluding carboxylic acids is 1. The summed E-state index contributed by atoms with van der Waals surface area (Å²) in [5.74, 6) is 0.203. The maximum absolute atomic E-state index is 13.5. The molecule has 0 aliphatic heterocycles. The second-order valence-electron chi connectivity index (χ2n) is 9.41. The van der Waals surface area contributed by atoms with Gasteiger partial charge in [-0.3, -0.25) is 0 Å². The monoisotopic (exact) mass is 481 g/mol. The molecule has 1 aromatic carbocycles. The summed E-state index contributed by atoms with van der Waals surface area (Å²) in [5, 5.41) is 15.4. The van der Waals surface area contributed by atoms with Gasteiger partial charge in [-0.15, -0.1) is 22.7 Å². The van der Waals surface area contributed by atoms with E-state index in [2.05, 4.69) is 42.3 Å². The fourth-order valence-electron chi connectivity index (χ4n) is 5.77. The Morgan fingerprint density at radius 1 is 1.06 bits per heavy atom. The molecular formula is C27H31NO3S2. The van der Waals surface area contributed by atoms with Gasteiger partial charge in [0, 0.05) is 12.0 Å². The second kappa shape index (κ2) is 9.71. The van der Waals surface area contributed by atoms with Crippen LogP contribution in [0, 0.1) is 11.8 Å². The van der Waals surface area contributed by atoms with Crippen LogP contribution in [0.3, 0.4) is 0 Å². The number of rotatable bonds is 9. The number of aliphatic hydroxyl groups is 1. The van der Waals surface area contributed by atoms with Crippen molar-refractivity contribution in [1.29, 1.82) is 0 Å². The van der Waals surface area contributed by atoms with Crippen molar-refractivity contribution in [2.45, 2.75) is 49.9 Å². The van der Waals surface area contributed by atoms with Crippen LogP contribution in [0.25, 0.3) is 0 Å². The number of thiophene rings is 2. The molecule has 2 aliphatic rings. The largest absolute Gasteiger partial charge is 0.459 e. The minimum absolute atomic E-state index is 0.106. The number of aryl methyl sites for hydroxylation is 1. The number of esters is 1. The van der Waals surface area contributed by atoms with Gasteiger partial charge in [0.1, 0.15) is 6.10 Å². The van der Waals surface area contributed by atoms with Crippen molar-refractivity contribution in [2.24, 2.45) is 11.8 Å². The lowest BCUT2D eigenvalue weighted by Crippen LogP contribution is -2.42. The van der Waals surface area contributed by atoms with Gasteiger partial charge in [-0.05, 0) is 80.1 Å². The number of fused-ring (bicyclic) bond motifs is 2. The third-order valence-electron chi connectivity index (χ3n) is 7.48. The number of hydrogen-bond acceptors (Lipinski definition) is 6. The number of carbonyl (C=O) groups is 1. The molecule has 2 fully saturated rings. The molecule has 6 heteroatoms. The summed E-state index contributed by atoms with van der Waals surface area (Å²) in [6.07, 6.45) is 5.36. The van der Waals surface area contributed by atoms with Gasteiger partial charge in [0.2, 0.25) is 5.60 Å². The average Bonchev–Trinajstić information content (AvgIpc) is 3.65. The standard InChI is InChI=1S/C27H31NO3S2/c1-28(15-5-10-19-8-3-2-4-9-19)22-18-20-13-14-21(22)25(20)31-26(29)27(30,23-11-6-16-32-23)24-12-7-17-33-24/h2-4,6-9,11-12,16-17,20-22,25,30H,5,10,13-15,18H2,1H3. The summed E-state index contributed by atoms with van der Waals surface area (Å²) >= 11 is 2.78. The van der Waals surface area contributed by atoms with Crippen LogP contribution in [0.15, 0.2) is 65.4 Å². The van der Waals surface area contributed by atoms with Crippen LogP contribution >= 0.6 is 22.7 Å². The van der Waals surface area contributed by atoms with Gasteiger partial charge in [-0.1, -0.05) is 42.5 Å². The Balaban J connectivity index is 1.24. The Labute approximate surface area is 203 Å². The van der Waals surface area contributed by atoms with Crippen molar-refractivity contribution in [3.63, 3.8) is 0 Å². The summed E-state index contributed by atoms with van der Waals surface area (Å²) in [6, 6.07) is 18.4. The molecule has 174 valence electrons. The van der Waals surface area contributed by atoms with E-state index in [1.165, 1.54) is 28.2 Å². The lowest BCUT2D eigenvalue weighted by atomic mass is 9.94. The Hall–Kier alpha value is -1.99. The first-order valence-electron chi connectivity index (χ1n) is 11.8. The van der Waals surface area contributed by atoms with Crippen molar-refractivity contribution >= 4 is 28.6 Å². The van der Waals surface area contributed by atoms with E-state index >= 15 is 0 Å². The molecule has 4 unspecified atom stereocenters. The van der Waals surface area contributed by atoms with Gasteiger partial charge in [-0.25, -0.2) is 4.79 Å². The SMILES string of the molecule is CN(CCCc1ccccc1)C1CC2CCC1C2OC(=O)C(O)(c1cccs1)c1cccs1. The molecule has 5 rings (SSSR count). The van der Waals surface area contributed by atoms with Gasteiger partial charge in [0.05, 0.1) is 9.75 Å². The lowest BCUT2D eigenvalue weighted by molar-refractivity contribution is -0.170. The summed E-state index contributed by atoms with van der Waals surface area (Å²) in [6.45, 7) is 1.04. The fraction of sp³-hybridized carbons (Fsp3) is 0.444. The summed E-state index contributed by atoms with van der Waals surface area (Å²) in [4.78, 5) is 17.2. The van der Waals surface area contributed by atoms with E-state index in [1.807, 2.05) is 35.0 Å². The molecule has 2 heterocycles. The van der Waals surface area contributed by atoms with Gasteiger partial charge in [-0.2, -0.15) is 0 Å². The van der Waals surface area contributed by atoms with Crippen molar-refractivity contribution in [3.05, 3.63) is 80.7 Å². The summed E-state index contributed by atoms with van der Waals surface area (Å²) in [5.41, 5.74) is -0.339. The molecule has 1 N–H and O–H groups in total. The number of benzene rings is 1. The van der Waals surface area contributed by atoms with E-state index in [-0.39, 0.29) is 6.10 Å². The number of ether oxygens (including phenoxy) is 1. The maximum Gasteiger partial charge on any atom is 0.349 e. The molecule has 0 amide bonds. The molecule has 3 aromatic rings. The van der Waals surface area contributed by atoms with E-state index in [4.69, 9.17) is 4.74 Å². The second-order valence-corrected chi connectivity index (χ2v) is 11.3. The first-order valence-corrected chi connectivity index (χ1v) is 13.6. The maximum atomic E-state index is 13.5. The minimum Gasteiger partial charge on any atom is -0.459 e. The van der Waals surface area contributed by atoms with E-state index in [1.54, 1.807) is 0 Å². The quantitative estimate of drug-likeness (QED) is 0.420. The highest BCUT2D eigenvalue weighted by Gasteiger charge is 2.54. The third kappa shape index (κ3) is 4.42. The molecular weight excluding hydrogens is 450 g/mol. The van der Waals surface area contributed by atoms with E-state index in [0.29, 0.717) is 27.6 Å². The molecule has 4 atom stereocenters. The molecule has 0 spiro atoms. The zero-order valence-corrected chi connectivity index (χ0v) is 20.6. The van der Waals surface area contributed by atoms with E-state index < -0.39 is 11.6 Å². The van der Waals surface area contributed by atoms with Crippen molar-refractivity contribution in [3.8, 4) is 0 Å². The summed E-state index contributed by atoms with van der Waals surface area (Å²) < 4.78 is 6.16. The minimum atomic E-state index is -1.72. The Morgan fingerprint density at radius 3 is 2.39 bits per heavy atom. The third-order valence-corrected chi connectivity index (χ3v) is 9.43. The van der Waals surface area contributed by atoms with Gasteiger partial charge < -0.3 is 14.7 Å². The van der Waals surface area contributed by atoms with Crippen LogP contribution in [0.1, 0.15) is 41.0 Å². The van der Waals surface area contributed by atoms with Gasteiger partial charge >= 0.3 is 5.97 Å². The zero-order chi connectivity index (χ0) is 22.8. The molecule has 0 saturated heterocycles. The van der Waals surface area contributed by atoms with Gasteiger partial charge in [0.25, 0.3) is 0 Å². The molecule has 2 saturated carbocycles. The van der Waals surface area contributed by atoms with E-state index in [0.717, 1.165) is 38.6 Å². The smallest absolute Gasteiger partial charge is 0.349 e. The summed E-state index contributed by atoms with van der Waals surface area (Å²) in [7, 11) is 2.21. The number of nitrogens with zero attached hydrogens (tertiary/aromatic N) is 1. The average molecular weight is 482 g/mol.